The number of aromatic nitrogens is 2. The Morgan fingerprint density at radius 2 is 2.07 bits per heavy atom. The topological polar surface area (TPSA) is 116 Å². The number of fused-ring (bicyclic) bond motifs is 1. The number of carbonyl (C=O) groups excluding carboxylic acids is 1. The van der Waals surface area contributed by atoms with Crippen LogP contribution in [0.25, 0.3) is 21.5 Å². The fraction of sp³-hybridized carbons (Fsp3) is 0.235. The molecule has 0 radical (unpaired) electrons. The van der Waals surface area contributed by atoms with Gasteiger partial charge in [-0.25, -0.2) is 9.97 Å². The number of thiophene rings is 1. The minimum absolute atomic E-state index is 0.247. The second-order valence-electron chi connectivity index (χ2n) is 5.69. The highest BCUT2D eigenvalue weighted by molar-refractivity contribution is 7.21. The average Bonchev–Trinajstić information content (AvgIpc) is 2.97. The first-order valence-corrected chi connectivity index (χ1v) is 9.57. The molecule has 2 aromatic heterocycles. The van der Waals surface area contributed by atoms with E-state index in [9.17, 15) is 4.79 Å². The Morgan fingerprint density at radius 1 is 1.30 bits per heavy atom. The van der Waals surface area contributed by atoms with Gasteiger partial charge in [0.2, 0.25) is 5.95 Å². The molecular weight excluding hydrogens is 409 g/mol. The minimum Gasteiger partial charge on any atom is -0.397 e. The van der Waals surface area contributed by atoms with E-state index in [-0.39, 0.29) is 10.6 Å². The van der Waals surface area contributed by atoms with Gasteiger partial charge in [0.25, 0.3) is 5.91 Å². The van der Waals surface area contributed by atoms with Crippen molar-refractivity contribution in [1.82, 2.24) is 9.97 Å². The van der Waals surface area contributed by atoms with E-state index >= 15 is 0 Å². The summed E-state index contributed by atoms with van der Waals surface area (Å²) in [5, 5.41) is 4.54. The lowest BCUT2D eigenvalue weighted by Crippen LogP contribution is -2.10. The number of rotatable bonds is 7. The summed E-state index contributed by atoms with van der Waals surface area (Å²) in [7, 11) is 1.64. The number of nitrogens with two attached hydrogens (primary N) is 2. The van der Waals surface area contributed by atoms with Gasteiger partial charge in [0, 0.05) is 25.8 Å². The number of hydrogen-bond donors (Lipinski definition) is 3. The zero-order valence-electron chi connectivity index (χ0n) is 14.4. The molecule has 1 aromatic carbocycles. The third-order valence-corrected chi connectivity index (χ3v) is 5.67. The Labute approximate surface area is 169 Å². The molecule has 0 aliphatic heterocycles. The summed E-state index contributed by atoms with van der Waals surface area (Å²) in [5.74, 6) is -0.192. The van der Waals surface area contributed by atoms with Gasteiger partial charge in [-0.1, -0.05) is 29.3 Å². The first-order chi connectivity index (χ1) is 12.9. The van der Waals surface area contributed by atoms with Crippen LogP contribution in [0.1, 0.15) is 16.1 Å². The monoisotopic (exact) mass is 425 g/mol. The number of amides is 1. The molecule has 142 valence electrons. The van der Waals surface area contributed by atoms with Gasteiger partial charge in [0.05, 0.1) is 26.8 Å². The van der Waals surface area contributed by atoms with Gasteiger partial charge >= 0.3 is 0 Å². The number of ether oxygens (including phenoxy) is 1. The van der Waals surface area contributed by atoms with Crippen LogP contribution in [0.3, 0.4) is 0 Å². The second kappa shape index (κ2) is 8.26. The van der Waals surface area contributed by atoms with Gasteiger partial charge < -0.3 is 21.5 Å². The van der Waals surface area contributed by atoms with Crippen molar-refractivity contribution in [1.29, 1.82) is 0 Å². The number of methoxy groups -OCH3 is 1. The van der Waals surface area contributed by atoms with Crippen LogP contribution < -0.4 is 16.8 Å². The van der Waals surface area contributed by atoms with Gasteiger partial charge in [0.15, 0.2) is 0 Å². The molecule has 0 bridgehead atoms. The molecule has 2 heterocycles. The van der Waals surface area contributed by atoms with Crippen molar-refractivity contribution >= 4 is 62.3 Å². The van der Waals surface area contributed by atoms with E-state index in [1.165, 1.54) is 0 Å². The third kappa shape index (κ3) is 4.08. The summed E-state index contributed by atoms with van der Waals surface area (Å²) < 4.78 is 5.04. The molecule has 1 amide bonds. The van der Waals surface area contributed by atoms with Crippen LogP contribution in [0.15, 0.2) is 18.2 Å². The first-order valence-electron chi connectivity index (χ1n) is 8.00. The van der Waals surface area contributed by atoms with E-state index in [2.05, 4.69) is 15.3 Å². The maximum absolute atomic E-state index is 11.7. The van der Waals surface area contributed by atoms with Crippen molar-refractivity contribution in [3.05, 3.63) is 33.1 Å². The summed E-state index contributed by atoms with van der Waals surface area (Å²) in [6, 6.07) is 5.16. The summed E-state index contributed by atoms with van der Waals surface area (Å²) in [5.41, 5.74) is 13.1. The Balaban J connectivity index is 2.14. The van der Waals surface area contributed by atoms with Crippen LogP contribution in [0.5, 0.6) is 0 Å². The van der Waals surface area contributed by atoms with Gasteiger partial charge in [-0.3, -0.25) is 4.79 Å². The lowest BCUT2D eigenvalue weighted by Gasteiger charge is -2.09. The van der Waals surface area contributed by atoms with E-state index in [0.29, 0.717) is 50.6 Å². The quantitative estimate of drug-likeness (QED) is 0.495. The molecule has 0 aliphatic carbocycles. The van der Waals surface area contributed by atoms with Crippen LogP contribution in [0.2, 0.25) is 10.0 Å². The standard InChI is InChI=1S/C17H17Cl2N5O2S/c1-26-6-2-5-22-17-23-13(8-3-4-9(18)10(19)7-8)11-12(20)14(15(21)25)27-16(11)24-17/h3-4,7H,2,5-6,20H2,1H3,(H2,21,25)(H,22,23,24). The van der Waals surface area contributed by atoms with Gasteiger partial charge in [0.1, 0.15) is 9.71 Å². The number of nitrogens with zero attached hydrogens (tertiary/aromatic N) is 2. The van der Waals surface area contributed by atoms with Crippen molar-refractivity contribution in [3.63, 3.8) is 0 Å². The molecule has 0 atom stereocenters. The van der Waals surface area contributed by atoms with E-state index in [0.717, 1.165) is 17.8 Å². The van der Waals surface area contributed by atoms with E-state index < -0.39 is 5.91 Å². The van der Waals surface area contributed by atoms with Crippen LogP contribution in [0.4, 0.5) is 11.6 Å². The molecule has 0 spiro atoms. The number of anilines is 2. The number of nitrogens with one attached hydrogen (secondary N) is 1. The Morgan fingerprint density at radius 3 is 2.74 bits per heavy atom. The first kappa shape index (κ1) is 19.6. The minimum atomic E-state index is -0.606. The molecule has 5 N–H and O–H groups in total. The van der Waals surface area contributed by atoms with E-state index in [1.807, 2.05) is 0 Å². The molecule has 0 aliphatic rings. The predicted octanol–water partition coefficient (Wildman–Crippen LogP) is 3.79. The number of nitrogen functional groups attached to an aromatic ring is 1. The fourth-order valence-corrected chi connectivity index (χ4v) is 3.80. The Bertz CT molecular complexity index is 1010. The average molecular weight is 426 g/mol. The zero-order valence-corrected chi connectivity index (χ0v) is 16.7. The number of carbonyl (C=O) groups is 1. The molecule has 0 unspecified atom stereocenters. The SMILES string of the molecule is COCCCNc1nc(-c2ccc(Cl)c(Cl)c2)c2c(N)c(C(N)=O)sc2n1. The molecule has 3 aromatic rings. The smallest absolute Gasteiger partial charge is 0.260 e. The van der Waals surface area contributed by atoms with E-state index in [4.69, 9.17) is 39.4 Å². The lowest BCUT2D eigenvalue weighted by atomic mass is 10.1. The Hall–Kier alpha value is -2.13. The second-order valence-corrected chi connectivity index (χ2v) is 7.50. The van der Waals surface area contributed by atoms with Crippen molar-refractivity contribution in [2.45, 2.75) is 6.42 Å². The summed E-state index contributed by atoms with van der Waals surface area (Å²) in [6.45, 7) is 1.25. The summed E-state index contributed by atoms with van der Waals surface area (Å²) in [4.78, 5) is 21.6. The molecule has 10 heteroatoms. The van der Waals surface area contributed by atoms with Crippen molar-refractivity contribution < 1.29 is 9.53 Å². The predicted molar refractivity (Wildman–Crippen MR) is 111 cm³/mol. The van der Waals surface area contributed by atoms with Gasteiger partial charge in [-0.05, 0) is 18.6 Å². The van der Waals surface area contributed by atoms with Crippen LogP contribution in [0, 0.1) is 0 Å². The van der Waals surface area contributed by atoms with E-state index in [1.54, 1.807) is 25.3 Å². The molecule has 7 nitrogen and oxygen atoms in total. The third-order valence-electron chi connectivity index (χ3n) is 3.81. The maximum Gasteiger partial charge on any atom is 0.260 e. The highest BCUT2D eigenvalue weighted by Crippen LogP contribution is 2.40. The van der Waals surface area contributed by atoms with Crippen molar-refractivity contribution in [3.8, 4) is 11.3 Å². The van der Waals surface area contributed by atoms with Gasteiger partial charge in [-0.2, -0.15) is 0 Å². The number of primary amides is 1. The molecule has 0 saturated heterocycles. The van der Waals surface area contributed by atoms with Crippen LogP contribution >= 0.6 is 34.5 Å². The zero-order chi connectivity index (χ0) is 19.6. The van der Waals surface area contributed by atoms with Crippen molar-refractivity contribution in [2.75, 3.05) is 31.3 Å². The van der Waals surface area contributed by atoms with Crippen LogP contribution in [-0.4, -0.2) is 36.1 Å². The summed E-state index contributed by atoms with van der Waals surface area (Å²) >= 11 is 13.3. The Kier molecular flexibility index (Phi) is 6.01. The maximum atomic E-state index is 11.7. The summed E-state index contributed by atoms with van der Waals surface area (Å²) in [6.07, 6.45) is 0.791. The molecule has 0 saturated carbocycles. The highest BCUT2D eigenvalue weighted by Gasteiger charge is 2.21. The van der Waals surface area contributed by atoms with Crippen molar-refractivity contribution in [2.24, 2.45) is 5.73 Å². The number of halogens is 2. The molecule has 3 rings (SSSR count). The number of benzene rings is 1. The van der Waals surface area contributed by atoms with Crippen LogP contribution in [-0.2, 0) is 4.74 Å². The fourth-order valence-electron chi connectivity index (χ4n) is 2.55. The molecule has 0 fully saturated rings. The molecular formula is C17H17Cl2N5O2S. The highest BCUT2D eigenvalue weighted by atomic mass is 35.5. The molecule has 27 heavy (non-hydrogen) atoms. The van der Waals surface area contributed by atoms with Gasteiger partial charge in [-0.15, -0.1) is 11.3 Å². The number of hydrogen-bond acceptors (Lipinski definition) is 7. The lowest BCUT2D eigenvalue weighted by molar-refractivity contribution is 0.100. The normalized spacial score (nSPS) is 11.1. The largest absolute Gasteiger partial charge is 0.397 e.